The van der Waals surface area contributed by atoms with E-state index in [1.165, 1.54) is 18.7 Å². The van der Waals surface area contributed by atoms with Crippen LogP contribution < -0.4 is 10.9 Å². The molecule has 1 atom stereocenters. The van der Waals surface area contributed by atoms with Crippen LogP contribution >= 0.6 is 23.4 Å². The van der Waals surface area contributed by atoms with Gasteiger partial charge in [0.25, 0.3) is 5.56 Å². The molecule has 1 N–H and O–H groups in total. The molecule has 3 aromatic rings. The SMILES string of the molecule is CC(=O)Nc1ccc(C(=O)C(C)Sc2nc3ccc(Cl)cc3c(=O)n2CC(C)C)cc1. The average Bonchev–Trinajstić information content (AvgIpc) is 2.71. The van der Waals surface area contributed by atoms with Crippen LogP contribution in [0.2, 0.25) is 5.02 Å². The van der Waals surface area contributed by atoms with Crippen LogP contribution in [0.4, 0.5) is 5.69 Å². The molecule has 8 heteroatoms. The second-order valence-corrected chi connectivity index (χ2v) is 9.49. The molecule has 1 heterocycles. The maximum absolute atomic E-state index is 13.1. The zero-order valence-electron chi connectivity index (χ0n) is 17.8. The monoisotopic (exact) mass is 457 g/mol. The van der Waals surface area contributed by atoms with E-state index in [1.807, 2.05) is 13.8 Å². The van der Waals surface area contributed by atoms with E-state index in [2.05, 4.69) is 10.3 Å². The quantitative estimate of drug-likeness (QED) is 0.306. The molecule has 0 spiro atoms. The van der Waals surface area contributed by atoms with E-state index in [0.717, 1.165) is 0 Å². The average molecular weight is 458 g/mol. The summed E-state index contributed by atoms with van der Waals surface area (Å²) in [6.45, 7) is 7.76. The molecule has 0 saturated carbocycles. The number of amides is 1. The van der Waals surface area contributed by atoms with Crippen LogP contribution in [0.15, 0.2) is 52.4 Å². The minimum Gasteiger partial charge on any atom is -0.326 e. The number of aromatic nitrogens is 2. The first-order valence-electron chi connectivity index (χ1n) is 9.94. The Labute approximate surface area is 190 Å². The normalized spacial score (nSPS) is 12.2. The highest BCUT2D eigenvalue weighted by Crippen LogP contribution is 2.27. The van der Waals surface area contributed by atoms with Gasteiger partial charge >= 0.3 is 0 Å². The number of rotatable bonds is 7. The summed E-state index contributed by atoms with van der Waals surface area (Å²) < 4.78 is 1.62. The molecule has 0 bridgehead atoms. The Morgan fingerprint density at radius 3 is 2.42 bits per heavy atom. The van der Waals surface area contributed by atoms with Crippen molar-refractivity contribution in [3.63, 3.8) is 0 Å². The van der Waals surface area contributed by atoms with Gasteiger partial charge in [0.1, 0.15) is 0 Å². The molecule has 1 aromatic heterocycles. The molecule has 0 radical (unpaired) electrons. The summed E-state index contributed by atoms with van der Waals surface area (Å²) in [4.78, 5) is 41.9. The van der Waals surface area contributed by atoms with Gasteiger partial charge in [0.2, 0.25) is 5.91 Å². The Kier molecular flexibility index (Phi) is 7.18. The van der Waals surface area contributed by atoms with Gasteiger partial charge in [-0.05, 0) is 55.3 Å². The number of fused-ring (bicyclic) bond motifs is 1. The Morgan fingerprint density at radius 1 is 1.13 bits per heavy atom. The second-order valence-electron chi connectivity index (χ2n) is 7.75. The van der Waals surface area contributed by atoms with Gasteiger partial charge in [0.15, 0.2) is 10.9 Å². The molecule has 0 fully saturated rings. The minimum atomic E-state index is -0.457. The van der Waals surface area contributed by atoms with Crippen molar-refractivity contribution >= 4 is 51.6 Å². The lowest BCUT2D eigenvalue weighted by Crippen LogP contribution is -2.27. The zero-order valence-corrected chi connectivity index (χ0v) is 19.4. The van der Waals surface area contributed by atoms with Gasteiger partial charge in [-0.15, -0.1) is 0 Å². The first-order valence-corrected chi connectivity index (χ1v) is 11.2. The molecule has 162 valence electrons. The predicted molar refractivity (Wildman–Crippen MR) is 126 cm³/mol. The predicted octanol–water partition coefficient (Wildman–Crippen LogP) is 5.03. The van der Waals surface area contributed by atoms with Crippen molar-refractivity contribution in [3.05, 3.63) is 63.4 Å². The van der Waals surface area contributed by atoms with Crippen molar-refractivity contribution in [1.82, 2.24) is 9.55 Å². The molecular weight excluding hydrogens is 434 g/mol. The van der Waals surface area contributed by atoms with Crippen molar-refractivity contribution < 1.29 is 9.59 Å². The number of carbonyl (C=O) groups excluding carboxylic acids is 2. The van der Waals surface area contributed by atoms with E-state index in [9.17, 15) is 14.4 Å². The van der Waals surface area contributed by atoms with E-state index >= 15 is 0 Å². The molecule has 1 unspecified atom stereocenters. The van der Waals surface area contributed by atoms with Crippen LogP contribution in [-0.4, -0.2) is 26.5 Å². The first kappa shape index (κ1) is 23.0. The highest BCUT2D eigenvalue weighted by atomic mass is 35.5. The summed E-state index contributed by atoms with van der Waals surface area (Å²) in [5.74, 6) is -0.0291. The zero-order chi connectivity index (χ0) is 22.7. The smallest absolute Gasteiger partial charge is 0.262 e. The fourth-order valence-corrected chi connectivity index (χ4v) is 4.32. The third-order valence-electron chi connectivity index (χ3n) is 4.57. The van der Waals surface area contributed by atoms with Crippen LogP contribution in [0, 0.1) is 5.92 Å². The molecule has 0 aliphatic carbocycles. The number of anilines is 1. The highest BCUT2D eigenvalue weighted by molar-refractivity contribution is 8.00. The topological polar surface area (TPSA) is 81.1 Å². The van der Waals surface area contributed by atoms with Gasteiger partial charge in [0, 0.05) is 29.7 Å². The summed E-state index contributed by atoms with van der Waals surface area (Å²) in [6, 6.07) is 11.8. The molecule has 31 heavy (non-hydrogen) atoms. The van der Waals surface area contributed by atoms with Gasteiger partial charge in [-0.2, -0.15) is 0 Å². The molecule has 2 aromatic carbocycles. The van der Waals surface area contributed by atoms with Crippen molar-refractivity contribution in [2.45, 2.75) is 44.6 Å². The Bertz CT molecular complexity index is 1190. The number of carbonyl (C=O) groups is 2. The highest BCUT2D eigenvalue weighted by Gasteiger charge is 2.21. The maximum atomic E-state index is 13.1. The first-order chi connectivity index (χ1) is 14.7. The fourth-order valence-electron chi connectivity index (χ4n) is 3.16. The van der Waals surface area contributed by atoms with Crippen LogP contribution in [0.25, 0.3) is 10.9 Å². The Hall–Kier alpha value is -2.64. The van der Waals surface area contributed by atoms with E-state index in [4.69, 9.17) is 11.6 Å². The second kappa shape index (κ2) is 9.66. The van der Waals surface area contributed by atoms with Gasteiger partial charge in [-0.3, -0.25) is 19.0 Å². The van der Waals surface area contributed by atoms with Gasteiger partial charge in [0.05, 0.1) is 16.2 Å². The van der Waals surface area contributed by atoms with Crippen LogP contribution in [-0.2, 0) is 11.3 Å². The summed E-state index contributed by atoms with van der Waals surface area (Å²) in [7, 11) is 0. The van der Waals surface area contributed by atoms with Gasteiger partial charge in [-0.25, -0.2) is 4.98 Å². The molecule has 0 saturated heterocycles. The lowest BCUT2D eigenvalue weighted by Gasteiger charge is -2.17. The molecule has 0 aliphatic rings. The molecular formula is C23H24ClN3O3S. The van der Waals surface area contributed by atoms with Crippen LogP contribution in [0.3, 0.4) is 0 Å². The third kappa shape index (κ3) is 5.54. The molecule has 0 aliphatic heterocycles. The van der Waals surface area contributed by atoms with E-state index in [0.29, 0.717) is 38.9 Å². The van der Waals surface area contributed by atoms with Crippen molar-refractivity contribution in [2.75, 3.05) is 5.32 Å². The van der Waals surface area contributed by atoms with E-state index in [1.54, 1.807) is 54.0 Å². The number of nitrogens with zero attached hydrogens (tertiary/aromatic N) is 2. The summed E-state index contributed by atoms with van der Waals surface area (Å²) >= 11 is 7.33. The Balaban J connectivity index is 1.92. The molecule has 3 rings (SSSR count). The lowest BCUT2D eigenvalue weighted by molar-refractivity contribution is -0.114. The van der Waals surface area contributed by atoms with Gasteiger partial charge < -0.3 is 5.32 Å². The summed E-state index contributed by atoms with van der Waals surface area (Å²) in [6.07, 6.45) is 0. The lowest BCUT2D eigenvalue weighted by atomic mass is 10.1. The number of hydrogen-bond donors (Lipinski definition) is 1. The fraction of sp³-hybridized carbons (Fsp3) is 0.304. The number of halogens is 1. The minimum absolute atomic E-state index is 0.0825. The van der Waals surface area contributed by atoms with E-state index < -0.39 is 5.25 Å². The third-order valence-corrected chi connectivity index (χ3v) is 5.90. The Morgan fingerprint density at radius 2 is 1.81 bits per heavy atom. The number of Topliss-reactive ketones (excluding diaryl/α,β-unsaturated/α-hetero) is 1. The molecule has 6 nitrogen and oxygen atoms in total. The number of hydrogen-bond acceptors (Lipinski definition) is 5. The van der Waals surface area contributed by atoms with E-state index in [-0.39, 0.29) is 23.2 Å². The van der Waals surface area contributed by atoms with Crippen molar-refractivity contribution in [1.29, 1.82) is 0 Å². The summed E-state index contributed by atoms with van der Waals surface area (Å²) in [5.41, 5.74) is 1.55. The van der Waals surface area contributed by atoms with Gasteiger partial charge in [-0.1, -0.05) is 37.2 Å². The van der Waals surface area contributed by atoms with Crippen molar-refractivity contribution in [2.24, 2.45) is 5.92 Å². The standard InChI is InChI=1S/C23H24ClN3O3S/c1-13(2)12-27-22(30)19-11-17(24)7-10-20(19)26-23(27)31-14(3)21(29)16-5-8-18(9-6-16)25-15(4)28/h5-11,13-14H,12H2,1-4H3,(H,25,28). The number of nitrogens with one attached hydrogen (secondary N) is 1. The number of ketones is 1. The number of thioether (sulfide) groups is 1. The van der Waals surface area contributed by atoms with Crippen molar-refractivity contribution in [3.8, 4) is 0 Å². The maximum Gasteiger partial charge on any atom is 0.262 e. The largest absolute Gasteiger partial charge is 0.326 e. The molecule has 1 amide bonds. The van der Waals surface area contributed by atoms with Crippen LogP contribution in [0.1, 0.15) is 38.1 Å². The van der Waals surface area contributed by atoms with Crippen LogP contribution in [0.5, 0.6) is 0 Å². The number of benzene rings is 2. The summed E-state index contributed by atoms with van der Waals surface area (Å²) in [5, 5.41) is 3.67.